The fourth-order valence-corrected chi connectivity index (χ4v) is 1.63. The Kier molecular flexibility index (Phi) is 3.74. The van der Waals surface area contributed by atoms with Gasteiger partial charge in [0.1, 0.15) is 6.61 Å². The fourth-order valence-electron chi connectivity index (χ4n) is 1.63. The first kappa shape index (κ1) is 12.0. The summed E-state index contributed by atoms with van der Waals surface area (Å²) in [7, 11) is 0. The summed E-state index contributed by atoms with van der Waals surface area (Å²) < 4.78 is 5.04. The average molecular weight is 212 g/mol. The van der Waals surface area contributed by atoms with Gasteiger partial charge in [-0.1, -0.05) is 12.7 Å². The van der Waals surface area contributed by atoms with Crippen LogP contribution in [0.5, 0.6) is 0 Å². The molecule has 0 bridgehead atoms. The number of amides is 1. The van der Waals surface area contributed by atoms with E-state index in [2.05, 4.69) is 25.7 Å². The molecule has 0 aromatic rings. The molecule has 4 nitrogen and oxygen atoms in total. The highest BCUT2D eigenvalue weighted by Crippen LogP contribution is 2.15. The molecular formula is C11H20N2O2. The molecule has 1 atom stereocenters. The highest BCUT2D eigenvalue weighted by atomic mass is 16.6. The molecule has 4 heteroatoms. The average Bonchev–Trinajstić information content (AvgIpc) is 2.18. The molecule has 86 valence electrons. The Balaban J connectivity index is 2.57. The van der Waals surface area contributed by atoms with Crippen LogP contribution in [0, 0.1) is 0 Å². The lowest BCUT2D eigenvalue weighted by atomic mass is 10.00. The van der Waals surface area contributed by atoms with Crippen LogP contribution in [0.2, 0.25) is 0 Å². The van der Waals surface area contributed by atoms with Gasteiger partial charge in [0.25, 0.3) is 0 Å². The maximum atomic E-state index is 11.7. The van der Waals surface area contributed by atoms with Gasteiger partial charge in [-0.3, -0.25) is 0 Å². The topological polar surface area (TPSA) is 41.6 Å². The van der Waals surface area contributed by atoms with Crippen molar-refractivity contribution in [1.82, 2.24) is 10.2 Å². The van der Waals surface area contributed by atoms with E-state index in [4.69, 9.17) is 4.74 Å². The van der Waals surface area contributed by atoms with Crippen molar-refractivity contribution in [3.05, 3.63) is 12.7 Å². The molecule has 0 radical (unpaired) electrons. The van der Waals surface area contributed by atoms with E-state index in [1.165, 1.54) is 0 Å². The lowest BCUT2D eigenvalue weighted by molar-refractivity contribution is 0.0652. The van der Waals surface area contributed by atoms with Crippen LogP contribution in [-0.2, 0) is 4.74 Å². The number of nitrogens with zero attached hydrogens (tertiary/aromatic N) is 1. The Hall–Kier alpha value is -1.03. The molecule has 1 N–H and O–H groups in total. The lowest BCUT2D eigenvalue weighted by Gasteiger charge is -2.42. The summed E-state index contributed by atoms with van der Waals surface area (Å²) in [6.07, 6.45) is 1.33. The summed E-state index contributed by atoms with van der Waals surface area (Å²) in [5, 5.41) is 3.38. The van der Waals surface area contributed by atoms with Gasteiger partial charge in [0.15, 0.2) is 0 Å². The quantitative estimate of drug-likeness (QED) is 0.703. The van der Waals surface area contributed by atoms with E-state index in [-0.39, 0.29) is 24.3 Å². The Labute approximate surface area is 91.3 Å². The molecule has 1 aliphatic heterocycles. The minimum atomic E-state index is -0.253. The number of carbonyl (C=O) groups excluding carboxylic acids is 1. The Morgan fingerprint density at radius 2 is 2.40 bits per heavy atom. The highest BCUT2D eigenvalue weighted by molar-refractivity contribution is 5.68. The third kappa shape index (κ3) is 3.23. The maximum absolute atomic E-state index is 11.7. The summed E-state index contributed by atoms with van der Waals surface area (Å²) in [6.45, 7) is 11.4. The molecule has 1 amide bonds. The molecule has 1 unspecified atom stereocenters. The predicted octanol–water partition coefficient (Wildman–Crippen LogP) is 1.38. The van der Waals surface area contributed by atoms with E-state index >= 15 is 0 Å². The molecule has 0 spiro atoms. The summed E-state index contributed by atoms with van der Waals surface area (Å²) in [5.41, 5.74) is -0.0420. The Morgan fingerprint density at radius 1 is 1.73 bits per heavy atom. The molecule has 1 aliphatic rings. The lowest BCUT2D eigenvalue weighted by Crippen LogP contribution is -2.62. The predicted molar refractivity (Wildman–Crippen MR) is 59.8 cm³/mol. The maximum Gasteiger partial charge on any atom is 0.410 e. The van der Waals surface area contributed by atoms with Gasteiger partial charge in [-0.15, -0.1) is 0 Å². The fraction of sp³-hybridized carbons (Fsp3) is 0.727. The minimum Gasteiger partial charge on any atom is -0.445 e. The number of hydrogen-bond donors (Lipinski definition) is 1. The second-order valence-corrected chi connectivity index (χ2v) is 4.61. The van der Waals surface area contributed by atoms with Crippen LogP contribution in [-0.4, -0.2) is 42.3 Å². The van der Waals surface area contributed by atoms with Crippen molar-refractivity contribution in [3.8, 4) is 0 Å². The van der Waals surface area contributed by atoms with Gasteiger partial charge in [0.05, 0.1) is 0 Å². The molecule has 0 aliphatic carbocycles. The third-order valence-electron chi connectivity index (χ3n) is 2.53. The van der Waals surface area contributed by atoms with Crippen molar-refractivity contribution >= 4 is 6.09 Å². The number of hydrogen-bond acceptors (Lipinski definition) is 3. The summed E-state index contributed by atoms with van der Waals surface area (Å²) in [6, 6.07) is 0.176. The SMILES string of the molecule is C=CCOC(=O)N1CC(C)(C)NCC1C. The van der Waals surface area contributed by atoms with Gasteiger partial charge < -0.3 is 15.0 Å². The largest absolute Gasteiger partial charge is 0.445 e. The molecule has 0 aromatic heterocycles. The van der Waals surface area contributed by atoms with Crippen molar-refractivity contribution in [2.75, 3.05) is 19.7 Å². The zero-order valence-electron chi connectivity index (χ0n) is 9.75. The molecule has 0 aromatic carbocycles. The van der Waals surface area contributed by atoms with Crippen molar-refractivity contribution in [2.45, 2.75) is 32.4 Å². The van der Waals surface area contributed by atoms with Crippen LogP contribution in [0.4, 0.5) is 4.79 Å². The van der Waals surface area contributed by atoms with E-state index in [9.17, 15) is 4.79 Å². The standard InChI is InChI=1S/C11H20N2O2/c1-5-6-15-10(14)13-8-11(3,4)12-7-9(13)2/h5,9,12H,1,6-8H2,2-4H3. The first-order valence-electron chi connectivity index (χ1n) is 5.25. The zero-order valence-corrected chi connectivity index (χ0v) is 9.75. The second kappa shape index (κ2) is 4.66. The summed E-state index contributed by atoms with van der Waals surface area (Å²) in [5.74, 6) is 0. The Morgan fingerprint density at radius 3 is 3.00 bits per heavy atom. The normalized spacial score (nSPS) is 24.7. The van der Waals surface area contributed by atoms with Gasteiger partial charge in [-0.25, -0.2) is 4.79 Å². The molecule has 15 heavy (non-hydrogen) atoms. The van der Waals surface area contributed by atoms with Gasteiger partial charge >= 0.3 is 6.09 Å². The van der Waals surface area contributed by atoms with Crippen LogP contribution in [0.1, 0.15) is 20.8 Å². The molecule has 1 saturated heterocycles. The molecule has 1 rings (SSSR count). The summed E-state index contributed by atoms with van der Waals surface area (Å²) in [4.78, 5) is 13.4. The summed E-state index contributed by atoms with van der Waals surface area (Å²) >= 11 is 0. The monoisotopic (exact) mass is 212 g/mol. The molecule has 0 saturated carbocycles. The van der Waals surface area contributed by atoms with Crippen molar-refractivity contribution in [3.63, 3.8) is 0 Å². The van der Waals surface area contributed by atoms with Crippen LogP contribution in [0.15, 0.2) is 12.7 Å². The van der Waals surface area contributed by atoms with Gasteiger partial charge in [0.2, 0.25) is 0 Å². The number of nitrogens with one attached hydrogen (secondary N) is 1. The highest BCUT2D eigenvalue weighted by Gasteiger charge is 2.33. The van der Waals surface area contributed by atoms with Crippen LogP contribution < -0.4 is 5.32 Å². The van der Waals surface area contributed by atoms with Crippen molar-refractivity contribution in [1.29, 1.82) is 0 Å². The molecule has 1 fully saturated rings. The van der Waals surface area contributed by atoms with Gasteiger partial charge in [-0.05, 0) is 20.8 Å². The van der Waals surface area contributed by atoms with Crippen LogP contribution >= 0.6 is 0 Å². The zero-order chi connectivity index (χ0) is 11.5. The van der Waals surface area contributed by atoms with Crippen molar-refractivity contribution in [2.24, 2.45) is 0 Å². The van der Waals surface area contributed by atoms with E-state index < -0.39 is 0 Å². The van der Waals surface area contributed by atoms with Crippen LogP contribution in [0.25, 0.3) is 0 Å². The van der Waals surface area contributed by atoms with Crippen LogP contribution in [0.3, 0.4) is 0 Å². The van der Waals surface area contributed by atoms with E-state index in [0.29, 0.717) is 6.54 Å². The number of rotatable bonds is 2. The smallest absolute Gasteiger partial charge is 0.410 e. The number of ether oxygens (including phenoxy) is 1. The molecular weight excluding hydrogens is 192 g/mol. The third-order valence-corrected chi connectivity index (χ3v) is 2.53. The van der Waals surface area contributed by atoms with E-state index in [1.54, 1.807) is 11.0 Å². The number of carbonyl (C=O) groups is 1. The van der Waals surface area contributed by atoms with Gasteiger partial charge in [0, 0.05) is 24.7 Å². The second-order valence-electron chi connectivity index (χ2n) is 4.61. The first-order valence-corrected chi connectivity index (χ1v) is 5.25. The van der Waals surface area contributed by atoms with Gasteiger partial charge in [-0.2, -0.15) is 0 Å². The van der Waals surface area contributed by atoms with E-state index in [0.717, 1.165) is 6.54 Å². The van der Waals surface area contributed by atoms with Crippen molar-refractivity contribution < 1.29 is 9.53 Å². The minimum absolute atomic E-state index is 0.0420. The molecule has 1 heterocycles. The Bertz CT molecular complexity index is 251. The first-order chi connectivity index (χ1) is 6.96. The van der Waals surface area contributed by atoms with E-state index in [1.807, 2.05) is 6.92 Å². The number of piperazine rings is 1.